The average molecular weight is 347 g/mol. The second-order valence-corrected chi connectivity index (χ2v) is 7.32. The Morgan fingerprint density at radius 3 is 2.28 bits per heavy atom. The summed E-state index contributed by atoms with van der Waals surface area (Å²) >= 11 is 0. The van der Waals surface area contributed by atoms with Crippen LogP contribution in [0.25, 0.3) is 11.3 Å². The van der Waals surface area contributed by atoms with E-state index in [9.17, 15) is 13.2 Å². The number of benzene rings is 1. The molecule has 2 aromatic rings. The predicted octanol–water partition coefficient (Wildman–Crippen LogP) is 3.57. The number of anilines is 1. The lowest BCUT2D eigenvalue weighted by Crippen LogP contribution is -2.26. The van der Waals surface area contributed by atoms with E-state index in [4.69, 9.17) is 10.5 Å². The summed E-state index contributed by atoms with van der Waals surface area (Å²) in [6.07, 6.45) is 2.90. The number of nitrogens with two attached hydrogens (primary N) is 1. The standard InChI is InChI=1S/C18H16F3N3O/c19-12-5-9(18(21)3-4-18)6-13(20)14(12)15-10-7-17(1-2-17)25-8-11(10)16(22)24-23-15/h5-6H,1-4,7-8H2,(H2,22,24). The molecule has 7 heteroatoms. The molecule has 1 aromatic heterocycles. The lowest BCUT2D eigenvalue weighted by molar-refractivity contribution is 0.00837. The van der Waals surface area contributed by atoms with Gasteiger partial charge >= 0.3 is 0 Å². The Morgan fingerprint density at radius 1 is 1.00 bits per heavy atom. The van der Waals surface area contributed by atoms with E-state index in [1.54, 1.807) is 0 Å². The molecule has 0 bridgehead atoms. The number of hydrogen-bond acceptors (Lipinski definition) is 4. The lowest BCUT2D eigenvalue weighted by Gasteiger charge is -2.27. The maximum absolute atomic E-state index is 14.7. The summed E-state index contributed by atoms with van der Waals surface area (Å²) in [4.78, 5) is 0. The van der Waals surface area contributed by atoms with Gasteiger partial charge in [-0.15, -0.1) is 10.2 Å². The van der Waals surface area contributed by atoms with E-state index in [2.05, 4.69) is 10.2 Å². The summed E-state index contributed by atoms with van der Waals surface area (Å²) in [6.45, 7) is 0.262. The zero-order valence-electron chi connectivity index (χ0n) is 13.4. The van der Waals surface area contributed by atoms with Crippen LogP contribution in [0.4, 0.5) is 19.0 Å². The number of ether oxygens (including phenoxy) is 1. The molecular formula is C18H16F3N3O. The van der Waals surface area contributed by atoms with Crippen LogP contribution in [0, 0.1) is 11.6 Å². The Bertz CT molecular complexity index is 884. The highest BCUT2D eigenvalue weighted by atomic mass is 19.1. The molecule has 2 aliphatic carbocycles. The fourth-order valence-corrected chi connectivity index (χ4v) is 3.59. The molecule has 2 heterocycles. The highest BCUT2D eigenvalue weighted by Gasteiger charge is 2.48. The molecule has 4 nitrogen and oxygen atoms in total. The molecule has 0 atom stereocenters. The summed E-state index contributed by atoms with van der Waals surface area (Å²) in [6, 6.07) is 2.14. The first-order valence-electron chi connectivity index (χ1n) is 8.38. The van der Waals surface area contributed by atoms with Gasteiger partial charge < -0.3 is 10.5 Å². The normalized spacial score (nSPS) is 21.9. The molecule has 0 unspecified atom stereocenters. The number of fused-ring (bicyclic) bond motifs is 1. The first-order chi connectivity index (χ1) is 11.9. The predicted molar refractivity (Wildman–Crippen MR) is 84.3 cm³/mol. The minimum Gasteiger partial charge on any atom is -0.382 e. The Morgan fingerprint density at radius 2 is 1.68 bits per heavy atom. The highest BCUT2D eigenvalue weighted by Crippen LogP contribution is 2.51. The second kappa shape index (κ2) is 4.72. The minimum absolute atomic E-state index is 0.0468. The SMILES string of the molecule is Nc1nnc(-c2c(F)cc(C3(F)CC3)cc2F)c2c1COC1(CC1)C2. The van der Waals surface area contributed by atoms with Crippen molar-refractivity contribution in [1.29, 1.82) is 0 Å². The van der Waals surface area contributed by atoms with Crippen molar-refractivity contribution in [2.45, 2.75) is 50.0 Å². The molecular weight excluding hydrogens is 331 g/mol. The topological polar surface area (TPSA) is 61.0 Å². The van der Waals surface area contributed by atoms with E-state index in [0.717, 1.165) is 25.0 Å². The second-order valence-electron chi connectivity index (χ2n) is 7.32. The molecule has 1 spiro atoms. The van der Waals surface area contributed by atoms with E-state index < -0.39 is 17.3 Å². The molecule has 2 N–H and O–H groups in total. The van der Waals surface area contributed by atoms with Gasteiger partial charge in [-0.05, 0) is 48.9 Å². The summed E-state index contributed by atoms with van der Waals surface area (Å²) in [7, 11) is 0. The number of aromatic nitrogens is 2. The first-order valence-corrected chi connectivity index (χ1v) is 8.38. The Balaban J connectivity index is 1.67. The number of halogens is 3. The third kappa shape index (κ3) is 2.25. The van der Waals surface area contributed by atoms with Gasteiger partial charge in [0.25, 0.3) is 0 Å². The van der Waals surface area contributed by atoms with Crippen molar-refractivity contribution < 1.29 is 17.9 Å². The van der Waals surface area contributed by atoms with Gasteiger partial charge in [-0.3, -0.25) is 0 Å². The number of nitrogens with zero attached hydrogens (tertiary/aromatic N) is 2. The molecule has 25 heavy (non-hydrogen) atoms. The smallest absolute Gasteiger partial charge is 0.151 e. The van der Waals surface area contributed by atoms with Crippen LogP contribution in [0.1, 0.15) is 42.4 Å². The fourth-order valence-electron chi connectivity index (χ4n) is 3.59. The van der Waals surface area contributed by atoms with Crippen LogP contribution in [0.15, 0.2) is 12.1 Å². The van der Waals surface area contributed by atoms with Gasteiger partial charge in [0.15, 0.2) is 5.82 Å². The molecule has 3 aliphatic rings. The van der Waals surface area contributed by atoms with Gasteiger partial charge in [-0.25, -0.2) is 13.2 Å². The number of rotatable bonds is 2. The molecule has 0 saturated heterocycles. The van der Waals surface area contributed by atoms with Crippen molar-refractivity contribution in [3.05, 3.63) is 40.5 Å². The lowest BCUT2D eigenvalue weighted by atomic mass is 9.92. The maximum atomic E-state index is 14.7. The molecule has 1 aromatic carbocycles. The largest absolute Gasteiger partial charge is 0.382 e. The first kappa shape index (κ1) is 15.1. The maximum Gasteiger partial charge on any atom is 0.151 e. The van der Waals surface area contributed by atoms with Crippen molar-refractivity contribution in [3.63, 3.8) is 0 Å². The minimum atomic E-state index is -1.60. The van der Waals surface area contributed by atoms with Crippen LogP contribution in [0.3, 0.4) is 0 Å². The summed E-state index contributed by atoms with van der Waals surface area (Å²) < 4.78 is 49.4. The molecule has 0 amide bonds. The zero-order chi connectivity index (χ0) is 17.4. The molecule has 0 radical (unpaired) electrons. The third-order valence-electron chi connectivity index (χ3n) is 5.53. The van der Waals surface area contributed by atoms with Gasteiger partial charge in [0.05, 0.1) is 17.8 Å². The summed E-state index contributed by atoms with van der Waals surface area (Å²) in [5.74, 6) is -1.43. The summed E-state index contributed by atoms with van der Waals surface area (Å²) in [5, 5.41) is 7.82. The highest BCUT2D eigenvalue weighted by molar-refractivity contribution is 5.69. The van der Waals surface area contributed by atoms with Crippen LogP contribution >= 0.6 is 0 Å². The molecule has 5 rings (SSSR count). The monoisotopic (exact) mass is 347 g/mol. The number of hydrogen-bond donors (Lipinski definition) is 1. The van der Waals surface area contributed by atoms with Crippen molar-refractivity contribution in [1.82, 2.24) is 10.2 Å². The van der Waals surface area contributed by atoms with E-state index in [-0.39, 0.29) is 34.8 Å². The Labute approximate surface area is 142 Å². The van der Waals surface area contributed by atoms with Gasteiger partial charge in [0.1, 0.15) is 23.0 Å². The van der Waals surface area contributed by atoms with Gasteiger partial charge in [0, 0.05) is 12.0 Å². The van der Waals surface area contributed by atoms with E-state index >= 15 is 0 Å². The van der Waals surface area contributed by atoms with E-state index in [1.165, 1.54) is 0 Å². The fraction of sp³-hybridized carbons (Fsp3) is 0.444. The number of alkyl halides is 1. The molecule has 2 saturated carbocycles. The third-order valence-corrected chi connectivity index (χ3v) is 5.53. The van der Waals surface area contributed by atoms with E-state index in [1.807, 2.05) is 0 Å². The van der Waals surface area contributed by atoms with Gasteiger partial charge in [-0.2, -0.15) is 0 Å². The molecule has 1 aliphatic heterocycles. The van der Waals surface area contributed by atoms with Gasteiger partial charge in [0.2, 0.25) is 0 Å². The van der Waals surface area contributed by atoms with Crippen molar-refractivity contribution in [3.8, 4) is 11.3 Å². The summed E-state index contributed by atoms with van der Waals surface area (Å²) in [5.41, 5.74) is 5.25. The van der Waals surface area contributed by atoms with Crippen molar-refractivity contribution >= 4 is 5.82 Å². The van der Waals surface area contributed by atoms with Crippen molar-refractivity contribution in [2.75, 3.05) is 5.73 Å². The van der Waals surface area contributed by atoms with Crippen LogP contribution in [-0.2, 0) is 23.4 Å². The van der Waals surface area contributed by atoms with E-state index in [0.29, 0.717) is 30.4 Å². The quantitative estimate of drug-likeness (QED) is 0.902. The van der Waals surface area contributed by atoms with Gasteiger partial charge in [-0.1, -0.05) is 0 Å². The van der Waals surface area contributed by atoms with Crippen LogP contribution in [-0.4, -0.2) is 15.8 Å². The number of nitrogen functional groups attached to an aromatic ring is 1. The zero-order valence-corrected chi connectivity index (χ0v) is 13.4. The van der Waals surface area contributed by atoms with Crippen LogP contribution in [0.5, 0.6) is 0 Å². The molecule has 130 valence electrons. The van der Waals surface area contributed by atoms with Crippen molar-refractivity contribution in [2.24, 2.45) is 0 Å². The molecule has 2 fully saturated rings. The van der Waals surface area contributed by atoms with Crippen LogP contribution in [0.2, 0.25) is 0 Å². The Hall–Kier alpha value is -2.15. The average Bonchev–Trinajstić information content (AvgIpc) is 3.49. The Kier molecular flexibility index (Phi) is 2.86. The van der Waals surface area contributed by atoms with Crippen LogP contribution < -0.4 is 5.73 Å².